The Bertz CT molecular complexity index is 695. The van der Waals surface area contributed by atoms with Crippen molar-refractivity contribution >= 4 is 0 Å². The lowest BCUT2D eigenvalue weighted by Crippen LogP contribution is -2.66. The zero-order valence-electron chi connectivity index (χ0n) is 15.9. The number of rotatable bonds is 9. The number of benzene rings is 1. The second kappa shape index (κ2) is 8.51. The van der Waals surface area contributed by atoms with Gasteiger partial charge in [-0.15, -0.1) is 0 Å². The smallest absolute Gasteiger partial charge is 0.377 e. The van der Waals surface area contributed by atoms with Crippen LogP contribution in [0.25, 0.3) is 0 Å². The molecule has 0 aliphatic carbocycles. The van der Waals surface area contributed by atoms with Gasteiger partial charge in [-0.1, -0.05) is 38.1 Å². The number of hydrogen-bond donors (Lipinski definition) is 0. The molecule has 0 aliphatic heterocycles. The zero-order valence-corrected chi connectivity index (χ0v) is 15.9. The summed E-state index contributed by atoms with van der Waals surface area (Å²) in [6.07, 6.45) is -10.7. The van der Waals surface area contributed by atoms with E-state index < -0.39 is 42.4 Å². The molecule has 0 radical (unpaired) electrons. The van der Waals surface area contributed by atoms with E-state index in [1.165, 1.54) is 24.3 Å². The monoisotopic (exact) mass is 460 g/mol. The Labute approximate surface area is 165 Å². The van der Waals surface area contributed by atoms with Gasteiger partial charge in [-0.3, -0.25) is 0 Å². The topological polar surface area (TPSA) is 9.23 Å². The Balaban J connectivity index is 3.25. The molecule has 2 atom stereocenters. The zero-order chi connectivity index (χ0) is 23.8. The maximum Gasteiger partial charge on any atom is 0.460 e. The summed E-state index contributed by atoms with van der Waals surface area (Å²) in [5.74, 6) is -27.8. The predicted octanol–water partition coefficient (Wildman–Crippen LogP) is 7.38. The van der Waals surface area contributed by atoms with Crippen molar-refractivity contribution in [3.63, 3.8) is 0 Å². The maximum absolute atomic E-state index is 14.0. The van der Waals surface area contributed by atoms with E-state index >= 15 is 0 Å². The van der Waals surface area contributed by atoms with Crippen LogP contribution >= 0.6 is 0 Å². The standard InChI is InChI=1S/C18H19F11O/c1-4-10(2)11-5-7-12(8-6-11)13(30-3)9-14(19,20)15(21,22)16(23,24)17(25,26)18(27,28)29/h5-8,10,13H,4,9H2,1-3H3. The fourth-order valence-corrected chi connectivity index (χ4v) is 2.58. The van der Waals surface area contributed by atoms with E-state index in [-0.39, 0.29) is 11.5 Å². The van der Waals surface area contributed by atoms with Crippen molar-refractivity contribution in [3.05, 3.63) is 35.4 Å². The molecule has 0 bridgehead atoms. The highest BCUT2D eigenvalue weighted by Crippen LogP contribution is 2.58. The summed E-state index contributed by atoms with van der Waals surface area (Å²) in [5, 5.41) is 0. The van der Waals surface area contributed by atoms with E-state index in [0.29, 0.717) is 6.42 Å². The second-order valence-electron chi connectivity index (χ2n) is 6.83. The molecule has 1 aromatic carbocycles. The van der Waals surface area contributed by atoms with Crippen LogP contribution in [0.4, 0.5) is 48.3 Å². The molecular weight excluding hydrogens is 441 g/mol. The van der Waals surface area contributed by atoms with E-state index in [0.717, 1.165) is 12.7 Å². The number of hydrogen-bond acceptors (Lipinski definition) is 1. The first-order valence-electron chi connectivity index (χ1n) is 8.58. The van der Waals surface area contributed by atoms with Crippen molar-refractivity contribution in [2.45, 2.75) is 68.6 Å². The van der Waals surface area contributed by atoms with Gasteiger partial charge in [-0.2, -0.15) is 48.3 Å². The Kier molecular flexibility index (Phi) is 7.50. The number of methoxy groups -OCH3 is 1. The summed E-state index contributed by atoms with van der Waals surface area (Å²) in [6.45, 7) is 3.69. The van der Waals surface area contributed by atoms with Crippen LogP contribution in [0.3, 0.4) is 0 Å². The molecule has 0 spiro atoms. The molecule has 174 valence electrons. The molecule has 30 heavy (non-hydrogen) atoms. The van der Waals surface area contributed by atoms with Crippen molar-refractivity contribution < 1.29 is 53.0 Å². The molecule has 0 heterocycles. The van der Waals surface area contributed by atoms with Crippen molar-refractivity contribution in [2.75, 3.05) is 7.11 Å². The van der Waals surface area contributed by atoms with E-state index in [2.05, 4.69) is 4.74 Å². The lowest BCUT2D eigenvalue weighted by atomic mass is 9.91. The molecule has 0 aromatic heterocycles. The molecule has 12 heteroatoms. The Morgan fingerprint density at radius 3 is 1.53 bits per heavy atom. The first-order chi connectivity index (χ1) is 13.4. The second-order valence-corrected chi connectivity index (χ2v) is 6.83. The van der Waals surface area contributed by atoms with Gasteiger partial charge in [0.05, 0.1) is 6.10 Å². The molecule has 0 aliphatic rings. The van der Waals surface area contributed by atoms with Crippen LogP contribution in [0.2, 0.25) is 0 Å². The normalized spacial score (nSPS) is 16.5. The van der Waals surface area contributed by atoms with Crippen molar-refractivity contribution in [2.24, 2.45) is 0 Å². The number of halogens is 11. The molecule has 0 saturated carbocycles. The van der Waals surface area contributed by atoms with Gasteiger partial charge in [0.2, 0.25) is 0 Å². The highest BCUT2D eigenvalue weighted by atomic mass is 19.4. The van der Waals surface area contributed by atoms with Gasteiger partial charge >= 0.3 is 29.9 Å². The van der Waals surface area contributed by atoms with Gasteiger partial charge in [0, 0.05) is 13.5 Å². The van der Waals surface area contributed by atoms with E-state index in [9.17, 15) is 48.3 Å². The van der Waals surface area contributed by atoms with Gasteiger partial charge in [-0.25, -0.2) is 0 Å². The van der Waals surface area contributed by atoms with Gasteiger partial charge in [-0.05, 0) is 23.5 Å². The summed E-state index contributed by atoms with van der Waals surface area (Å²) >= 11 is 0. The van der Waals surface area contributed by atoms with E-state index in [1.54, 1.807) is 0 Å². The van der Waals surface area contributed by atoms with Crippen molar-refractivity contribution in [1.29, 1.82) is 0 Å². The van der Waals surface area contributed by atoms with Crippen molar-refractivity contribution in [3.8, 4) is 0 Å². The van der Waals surface area contributed by atoms with Crippen LogP contribution in [0.1, 0.15) is 49.8 Å². The minimum Gasteiger partial charge on any atom is -0.377 e. The largest absolute Gasteiger partial charge is 0.460 e. The van der Waals surface area contributed by atoms with Crippen LogP contribution in [0.15, 0.2) is 24.3 Å². The quantitative estimate of drug-likeness (QED) is 0.350. The SMILES string of the molecule is CCC(C)c1ccc(C(CC(F)(F)C(F)(F)C(F)(F)C(F)(F)C(F)(F)F)OC)cc1. The third kappa shape index (κ3) is 4.52. The minimum atomic E-state index is -7.42. The molecular formula is C18H19F11O. The van der Waals surface area contributed by atoms with Crippen LogP contribution < -0.4 is 0 Å². The molecule has 0 amide bonds. The third-order valence-corrected chi connectivity index (χ3v) is 4.82. The molecule has 1 aromatic rings. The van der Waals surface area contributed by atoms with Gasteiger partial charge in [0.25, 0.3) is 0 Å². The lowest BCUT2D eigenvalue weighted by molar-refractivity contribution is -0.423. The fourth-order valence-electron chi connectivity index (χ4n) is 2.58. The van der Waals surface area contributed by atoms with Gasteiger partial charge in [0.15, 0.2) is 0 Å². The lowest BCUT2D eigenvalue weighted by Gasteiger charge is -2.38. The minimum absolute atomic E-state index is 0.0501. The van der Waals surface area contributed by atoms with Crippen molar-refractivity contribution in [1.82, 2.24) is 0 Å². The summed E-state index contributed by atoms with van der Waals surface area (Å²) < 4.78 is 149. The Hall–Kier alpha value is -1.59. The summed E-state index contributed by atoms with van der Waals surface area (Å²) in [4.78, 5) is 0. The molecule has 2 unspecified atom stereocenters. The predicted molar refractivity (Wildman–Crippen MR) is 85.4 cm³/mol. The highest BCUT2D eigenvalue weighted by molar-refractivity contribution is 5.27. The summed E-state index contributed by atoms with van der Waals surface area (Å²) in [7, 11) is 0.768. The van der Waals surface area contributed by atoms with Crippen LogP contribution in [0.5, 0.6) is 0 Å². The van der Waals surface area contributed by atoms with Crippen LogP contribution in [-0.4, -0.2) is 37.0 Å². The van der Waals surface area contributed by atoms with Gasteiger partial charge < -0.3 is 4.74 Å². The Morgan fingerprint density at radius 2 is 1.17 bits per heavy atom. The first kappa shape index (κ1) is 26.4. The highest BCUT2D eigenvalue weighted by Gasteiger charge is 2.87. The number of ether oxygens (including phenoxy) is 1. The molecule has 1 rings (SSSR count). The van der Waals surface area contributed by atoms with Crippen LogP contribution in [0, 0.1) is 0 Å². The van der Waals surface area contributed by atoms with Crippen LogP contribution in [-0.2, 0) is 4.74 Å². The molecule has 0 N–H and O–H groups in total. The van der Waals surface area contributed by atoms with Gasteiger partial charge in [0.1, 0.15) is 0 Å². The fraction of sp³-hybridized carbons (Fsp3) is 0.667. The first-order valence-corrected chi connectivity index (χ1v) is 8.58. The molecule has 0 saturated heterocycles. The number of alkyl halides is 11. The summed E-state index contributed by atoms with van der Waals surface area (Å²) in [5.41, 5.74) is 0.565. The van der Waals surface area contributed by atoms with E-state index in [1.807, 2.05) is 13.8 Å². The Morgan fingerprint density at radius 1 is 0.733 bits per heavy atom. The average molecular weight is 460 g/mol. The summed E-state index contributed by atoms with van der Waals surface area (Å²) in [6, 6.07) is 5.26. The third-order valence-electron chi connectivity index (χ3n) is 4.82. The average Bonchev–Trinajstić information content (AvgIpc) is 2.64. The van der Waals surface area contributed by atoms with E-state index in [4.69, 9.17) is 0 Å². The molecule has 1 nitrogen and oxygen atoms in total. The maximum atomic E-state index is 14.0. The molecule has 0 fully saturated rings.